The van der Waals surface area contributed by atoms with Crippen LogP contribution in [0.3, 0.4) is 0 Å². The molecule has 0 aliphatic carbocycles. The van der Waals surface area contributed by atoms with Crippen molar-refractivity contribution in [2.45, 2.75) is 52.7 Å². The first kappa shape index (κ1) is 22.8. The Labute approximate surface area is 171 Å². The number of aliphatic hydroxyl groups is 2. The smallest absolute Gasteiger partial charge is 0.308 e. The molecular formula is C24H29FO4. The van der Waals surface area contributed by atoms with E-state index in [4.69, 9.17) is 4.74 Å². The topological polar surface area (TPSA) is 66.8 Å². The minimum atomic E-state index is -0.980. The van der Waals surface area contributed by atoms with Crippen molar-refractivity contribution in [2.24, 2.45) is 0 Å². The van der Waals surface area contributed by atoms with E-state index in [-0.39, 0.29) is 25.3 Å². The summed E-state index contributed by atoms with van der Waals surface area (Å²) in [5.41, 5.74) is 5.44. The van der Waals surface area contributed by atoms with Gasteiger partial charge in [-0.3, -0.25) is 4.79 Å². The average molecular weight is 400 g/mol. The number of esters is 1. The van der Waals surface area contributed by atoms with Crippen molar-refractivity contribution in [1.82, 2.24) is 0 Å². The summed E-state index contributed by atoms with van der Waals surface area (Å²) >= 11 is 0. The summed E-state index contributed by atoms with van der Waals surface area (Å²) in [7, 11) is 0. The first-order chi connectivity index (χ1) is 13.7. The molecule has 0 amide bonds. The molecule has 0 aliphatic heterocycles. The maximum Gasteiger partial charge on any atom is 0.308 e. The third kappa shape index (κ3) is 6.51. The molecule has 2 rings (SSSR count). The number of halogens is 1. The van der Waals surface area contributed by atoms with E-state index >= 15 is 0 Å². The fraction of sp³-hybridized carbons (Fsp3) is 0.375. The lowest BCUT2D eigenvalue weighted by Crippen LogP contribution is -2.20. The standard InChI is InChI=1S/C24H29FO4/c1-5-29-24(28)14-20(27)13-19(26)7-8-21-16(3)10-15(2)11-22(21)18-6-9-23(25)17(4)12-18/h6-12,19-20,26-27H,5,13-14H2,1-4H3/b8-7+/t19-,20-/m1/s1. The third-order valence-corrected chi connectivity index (χ3v) is 4.71. The summed E-state index contributed by atoms with van der Waals surface area (Å²) in [6, 6.07) is 9.08. The van der Waals surface area contributed by atoms with Gasteiger partial charge < -0.3 is 14.9 Å². The van der Waals surface area contributed by atoms with Crippen LogP contribution in [-0.2, 0) is 9.53 Å². The van der Waals surface area contributed by atoms with Crippen LogP contribution in [0.15, 0.2) is 36.4 Å². The highest BCUT2D eigenvalue weighted by Crippen LogP contribution is 2.30. The second-order valence-electron chi connectivity index (χ2n) is 7.33. The fourth-order valence-corrected chi connectivity index (χ4v) is 3.31. The molecule has 0 unspecified atom stereocenters. The summed E-state index contributed by atoms with van der Waals surface area (Å²) in [5, 5.41) is 20.2. The summed E-state index contributed by atoms with van der Waals surface area (Å²) in [5.74, 6) is -0.735. The van der Waals surface area contributed by atoms with Gasteiger partial charge in [-0.2, -0.15) is 0 Å². The first-order valence-corrected chi connectivity index (χ1v) is 9.79. The Hall–Kier alpha value is -2.50. The summed E-state index contributed by atoms with van der Waals surface area (Å²) in [6.45, 7) is 7.67. The number of hydrogen-bond acceptors (Lipinski definition) is 4. The van der Waals surface area contributed by atoms with Gasteiger partial charge in [-0.25, -0.2) is 4.39 Å². The Morgan fingerprint density at radius 3 is 2.52 bits per heavy atom. The Morgan fingerprint density at radius 2 is 1.86 bits per heavy atom. The van der Waals surface area contributed by atoms with E-state index in [1.165, 1.54) is 6.07 Å². The van der Waals surface area contributed by atoms with Crippen molar-refractivity contribution in [3.8, 4) is 11.1 Å². The van der Waals surface area contributed by atoms with Gasteiger partial charge in [0.15, 0.2) is 0 Å². The molecule has 0 saturated carbocycles. The molecule has 0 fully saturated rings. The van der Waals surface area contributed by atoms with Crippen LogP contribution in [-0.4, -0.2) is 35.0 Å². The van der Waals surface area contributed by atoms with Gasteiger partial charge in [-0.05, 0) is 67.6 Å². The lowest BCUT2D eigenvalue weighted by Gasteiger charge is -2.15. The summed E-state index contributed by atoms with van der Waals surface area (Å²) in [6.07, 6.45) is 1.40. The Morgan fingerprint density at radius 1 is 1.14 bits per heavy atom. The van der Waals surface area contributed by atoms with Crippen LogP contribution in [0.2, 0.25) is 0 Å². The van der Waals surface area contributed by atoms with Crippen molar-refractivity contribution >= 4 is 12.0 Å². The number of benzene rings is 2. The van der Waals surface area contributed by atoms with Crippen LogP contribution < -0.4 is 0 Å². The minimum Gasteiger partial charge on any atom is -0.466 e. The van der Waals surface area contributed by atoms with Gasteiger partial charge in [0, 0.05) is 6.42 Å². The van der Waals surface area contributed by atoms with E-state index in [1.54, 1.807) is 32.1 Å². The molecule has 2 aromatic carbocycles. The van der Waals surface area contributed by atoms with Crippen LogP contribution in [0.4, 0.5) is 4.39 Å². The molecule has 0 heterocycles. The molecule has 0 spiro atoms. The first-order valence-electron chi connectivity index (χ1n) is 9.79. The molecule has 0 radical (unpaired) electrons. The molecule has 0 aliphatic rings. The second kappa shape index (κ2) is 10.3. The van der Waals surface area contributed by atoms with E-state index in [9.17, 15) is 19.4 Å². The van der Waals surface area contributed by atoms with E-state index in [1.807, 2.05) is 32.1 Å². The monoisotopic (exact) mass is 400 g/mol. The highest BCUT2D eigenvalue weighted by molar-refractivity contribution is 5.78. The zero-order chi connectivity index (χ0) is 21.6. The SMILES string of the molecule is CCOC(=O)C[C@H](O)C[C@H](O)/C=C/c1c(C)cc(C)cc1-c1ccc(F)c(C)c1. The van der Waals surface area contributed by atoms with Gasteiger partial charge in [-0.1, -0.05) is 35.9 Å². The van der Waals surface area contributed by atoms with Crippen LogP contribution in [0, 0.1) is 26.6 Å². The van der Waals surface area contributed by atoms with Crippen molar-refractivity contribution in [1.29, 1.82) is 0 Å². The largest absolute Gasteiger partial charge is 0.466 e. The van der Waals surface area contributed by atoms with Gasteiger partial charge in [0.2, 0.25) is 0 Å². The van der Waals surface area contributed by atoms with E-state index in [0.29, 0.717) is 5.56 Å². The predicted molar refractivity (Wildman–Crippen MR) is 113 cm³/mol. The molecule has 4 nitrogen and oxygen atoms in total. The number of aryl methyl sites for hydroxylation is 3. The average Bonchev–Trinajstić information content (AvgIpc) is 2.62. The lowest BCUT2D eigenvalue weighted by molar-refractivity contribution is -0.145. The van der Waals surface area contributed by atoms with Crippen molar-refractivity contribution in [3.05, 3.63) is 64.5 Å². The summed E-state index contributed by atoms with van der Waals surface area (Å²) < 4.78 is 18.5. The van der Waals surface area contributed by atoms with Crippen molar-refractivity contribution < 1.29 is 24.1 Å². The Kier molecular flexibility index (Phi) is 8.11. The van der Waals surface area contributed by atoms with E-state index < -0.39 is 18.2 Å². The molecule has 0 bridgehead atoms. The van der Waals surface area contributed by atoms with Gasteiger partial charge in [0.25, 0.3) is 0 Å². The van der Waals surface area contributed by atoms with Crippen LogP contribution >= 0.6 is 0 Å². The summed E-state index contributed by atoms with van der Waals surface area (Å²) in [4.78, 5) is 11.4. The van der Waals surface area contributed by atoms with Gasteiger partial charge in [-0.15, -0.1) is 0 Å². The highest BCUT2D eigenvalue weighted by Gasteiger charge is 2.15. The Bertz CT molecular complexity index is 889. The Balaban J connectivity index is 2.23. The number of rotatable bonds is 8. The number of carbonyl (C=O) groups is 1. The van der Waals surface area contributed by atoms with E-state index in [0.717, 1.165) is 27.8 Å². The molecule has 0 aromatic heterocycles. The molecule has 5 heteroatoms. The van der Waals surface area contributed by atoms with Gasteiger partial charge >= 0.3 is 5.97 Å². The minimum absolute atomic E-state index is 0.0329. The fourth-order valence-electron chi connectivity index (χ4n) is 3.31. The molecule has 2 aromatic rings. The second-order valence-corrected chi connectivity index (χ2v) is 7.33. The molecule has 156 valence electrons. The van der Waals surface area contributed by atoms with Crippen molar-refractivity contribution in [2.75, 3.05) is 6.61 Å². The molecule has 2 atom stereocenters. The highest BCUT2D eigenvalue weighted by atomic mass is 19.1. The van der Waals surface area contributed by atoms with Crippen LogP contribution in [0.1, 0.15) is 42.0 Å². The molecule has 0 saturated heterocycles. The maximum absolute atomic E-state index is 13.7. The van der Waals surface area contributed by atoms with Crippen LogP contribution in [0.25, 0.3) is 17.2 Å². The number of carbonyl (C=O) groups excluding carboxylic acids is 1. The quantitative estimate of drug-likeness (QED) is 0.641. The van der Waals surface area contributed by atoms with Gasteiger partial charge in [0.1, 0.15) is 5.82 Å². The molecular weight excluding hydrogens is 371 g/mol. The third-order valence-electron chi connectivity index (χ3n) is 4.71. The lowest BCUT2D eigenvalue weighted by atomic mass is 9.92. The zero-order valence-electron chi connectivity index (χ0n) is 17.4. The zero-order valence-corrected chi connectivity index (χ0v) is 17.4. The maximum atomic E-state index is 13.7. The van der Waals surface area contributed by atoms with Crippen molar-refractivity contribution in [3.63, 3.8) is 0 Å². The van der Waals surface area contributed by atoms with E-state index in [2.05, 4.69) is 0 Å². The number of aliphatic hydroxyl groups excluding tert-OH is 2. The molecule has 2 N–H and O–H groups in total. The number of hydrogen-bond donors (Lipinski definition) is 2. The van der Waals surface area contributed by atoms with Crippen LogP contribution in [0.5, 0.6) is 0 Å². The molecule has 29 heavy (non-hydrogen) atoms. The van der Waals surface area contributed by atoms with Gasteiger partial charge in [0.05, 0.1) is 25.2 Å². The number of ether oxygens (including phenoxy) is 1. The normalized spacial score (nSPS) is 13.5. The predicted octanol–water partition coefficient (Wildman–Crippen LogP) is 4.50.